The molecule has 1 aliphatic heterocycles. The molecule has 1 atom stereocenters. The maximum atomic E-state index is 12.7. The predicted octanol–water partition coefficient (Wildman–Crippen LogP) is 3.61. The Bertz CT molecular complexity index is 723. The molecule has 1 saturated heterocycles. The summed E-state index contributed by atoms with van der Waals surface area (Å²) in [6.07, 6.45) is 0. The Labute approximate surface area is 158 Å². The fraction of sp³-hybridized carbons (Fsp3) is 0.400. The number of nitrogens with zero attached hydrogens (tertiary/aromatic N) is 2. The van der Waals surface area contributed by atoms with Gasteiger partial charge in [0.25, 0.3) is 5.91 Å². The minimum Gasteiger partial charge on any atom is -0.334 e. The van der Waals surface area contributed by atoms with E-state index in [1.54, 1.807) is 4.90 Å². The van der Waals surface area contributed by atoms with Gasteiger partial charge in [-0.15, -0.1) is 11.3 Å². The van der Waals surface area contributed by atoms with Gasteiger partial charge < -0.3 is 15.1 Å². The molecule has 2 aromatic rings. The molecule has 1 fully saturated rings. The van der Waals surface area contributed by atoms with E-state index in [-0.39, 0.29) is 18.0 Å². The van der Waals surface area contributed by atoms with E-state index in [1.165, 1.54) is 11.3 Å². The van der Waals surface area contributed by atoms with E-state index in [9.17, 15) is 9.59 Å². The van der Waals surface area contributed by atoms with Crippen molar-refractivity contribution in [2.24, 2.45) is 5.92 Å². The lowest BCUT2D eigenvalue weighted by Gasteiger charge is -2.36. The summed E-state index contributed by atoms with van der Waals surface area (Å²) in [6.45, 7) is 6.47. The summed E-state index contributed by atoms with van der Waals surface area (Å²) in [7, 11) is 0. The Morgan fingerprint density at radius 3 is 2.19 bits per heavy atom. The van der Waals surface area contributed by atoms with Crippen LogP contribution in [-0.2, 0) is 0 Å². The maximum absolute atomic E-state index is 12.7. The van der Waals surface area contributed by atoms with Gasteiger partial charge in [-0.25, -0.2) is 4.79 Å². The SMILES string of the molecule is CC(C)C(NC(=O)N1CCN(C(=O)c2cccs2)CC1)c1ccccc1. The van der Waals surface area contributed by atoms with Crippen LogP contribution in [0.15, 0.2) is 47.8 Å². The van der Waals surface area contributed by atoms with Gasteiger partial charge in [-0.1, -0.05) is 50.2 Å². The Morgan fingerprint density at radius 2 is 1.62 bits per heavy atom. The summed E-state index contributed by atoms with van der Waals surface area (Å²) in [4.78, 5) is 29.5. The molecule has 0 bridgehead atoms. The average Bonchev–Trinajstić information content (AvgIpc) is 3.20. The monoisotopic (exact) mass is 371 g/mol. The molecule has 1 N–H and O–H groups in total. The highest BCUT2D eigenvalue weighted by molar-refractivity contribution is 7.12. The lowest BCUT2D eigenvalue weighted by Crippen LogP contribution is -2.53. The molecule has 3 amide bonds. The van der Waals surface area contributed by atoms with Crippen LogP contribution in [0.25, 0.3) is 0 Å². The summed E-state index contributed by atoms with van der Waals surface area (Å²) in [6, 6.07) is 13.7. The van der Waals surface area contributed by atoms with Gasteiger partial charge in [-0.2, -0.15) is 0 Å². The number of amides is 3. The number of piperazine rings is 1. The summed E-state index contributed by atoms with van der Waals surface area (Å²) in [5.74, 6) is 0.354. The molecule has 6 heteroatoms. The highest BCUT2D eigenvalue weighted by atomic mass is 32.1. The third-order valence-corrected chi connectivity index (χ3v) is 5.55. The molecule has 1 aromatic heterocycles. The molecule has 0 spiro atoms. The summed E-state index contributed by atoms with van der Waals surface area (Å²) in [5.41, 5.74) is 1.11. The minimum atomic E-state index is -0.0595. The van der Waals surface area contributed by atoms with Gasteiger partial charge in [0.05, 0.1) is 10.9 Å². The zero-order valence-electron chi connectivity index (χ0n) is 15.2. The fourth-order valence-corrected chi connectivity index (χ4v) is 3.88. The molecular formula is C20H25N3O2S. The number of nitrogens with one attached hydrogen (secondary N) is 1. The van der Waals surface area contributed by atoms with E-state index in [2.05, 4.69) is 19.2 Å². The molecular weight excluding hydrogens is 346 g/mol. The largest absolute Gasteiger partial charge is 0.334 e. The number of benzene rings is 1. The van der Waals surface area contributed by atoms with Crippen molar-refractivity contribution in [1.29, 1.82) is 0 Å². The van der Waals surface area contributed by atoms with E-state index >= 15 is 0 Å². The first-order valence-electron chi connectivity index (χ1n) is 8.99. The van der Waals surface area contributed by atoms with E-state index in [0.717, 1.165) is 10.4 Å². The lowest BCUT2D eigenvalue weighted by molar-refractivity contribution is 0.0667. The number of rotatable bonds is 4. The van der Waals surface area contributed by atoms with Gasteiger partial charge >= 0.3 is 6.03 Å². The normalized spacial score (nSPS) is 15.8. The Morgan fingerprint density at radius 1 is 0.962 bits per heavy atom. The van der Waals surface area contributed by atoms with Crippen molar-refractivity contribution in [3.05, 3.63) is 58.3 Å². The van der Waals surface area contributed by atoms with Gasteiger partial charge in [-0.05, 0) is 22.9 Å². The molecule has 1 aromatic carbocycles. The third-order valence-electron chi connectivity index (χ3n) is 4.69. The van der Waals surface area contributed by atoms with Crippen molar-refractivity contribution in [1.82, 2.24) is 15.1 Å². The molecule has 0 saturated carbocycles. The second-order valence-corrected chi connectivity index (χ2v) is 7.79. The van der Waals surface area contributed by atoms with Gasteiger partial charge in [0.15, 0.2) is 0 Å². The van der Waals surface area contributed by atoms with Crippen molar-refractivity contribution >= 4 is 23.3 Å². The number of urea groups is 1. The summed E-state index contributed by atoms with van der Waals surface area (Å²) >= 11 is 1.46. The van der Waals surface area contributed by atoms with Crippen molar-refractivity contribution < 1.29 is 9.59 Å². The van der Waals surface area contributed by atoms with Crippen molar-refractivity contribution in [3.8, 4) is 0 Å². The predicted molar refractivity (Wildman–Crippen MR) is 104 cm³/mol. The number of hydrogen-bond acceptors (Lipinski definition) is 3. The third kappa shape index (κ3) is 4.25. The molecule has 0 aliphatic carbocycles. The Kier molecular flexibility index (Phi) is 5.93. The number of thiophene rings is 1. The van der Waals surface area contributed by atoms with E-state index in [1.807, 2.05) is 52.7 Å². The van der Waals surface area contributed by atoms with Gasteiger partial charge in [0.2, 0.25) is 0 Å². The zero-order valence-corrected chi connectivity index (χ0v) is 16.0. The zero-order chi connectivity index (χ0) is 18.5. The number of carbonyl (C=O) groups is 2. The van der Waals surface area contributed by atoms with Crippen LogP contribution < -0.4 is 5.32 Å². The minimum absolute atomic E-state index is 0.0190. The first kappa shape index (κ1) is 18.5. The molecule has 138 valence electrons. The van der Waals surface area contributed by atoms with Gasteiger partial charge in [-0.3, -0.25) is 4.79 Å². The molecule has 0 radical (unpaired) electrons. The van der Waals surface area contributed by atoms with Crippen LogP contribution in [0.2, 0.25) is 0 Å². The first-order chi connectivity index (χ1) is 12.6. The summed E-state index contributed by atoms with van der Waals surface area (Å²) < 4.78 is 0. The van der Waals surface area contributed by atoms with Crippen LogP contribution in [0.3, 0.4) is 0 Å². The van der Waals surface area contributed by atoms with Gasteiger partial charge in [0.1, 0.15) is 0 Å². The van der Waals surface area contributed by atoms with Crippen LogP contribution in [-0.4, -0.2) is 47.9 Å². The summed E-state index contributed by atoms with van der Waals surface area (Å²) in [5, 5.41) is 5.07. The van der Waals surface area contributed by atoms with E-state index < -0.39 is 0 Å². The lowest BCUT2D eigenvalue weighted by atomic mass is 9.96. The molecule has 2 heterocycles. The maximum Gasteiger partial charge on any atom is 0.318 e. The van der Waals surface area contributed by atoms with Crippen molar-refractivity contribution in [3.63, 3.8) is 0 Å². The molecule has 3 rings (SSSR count). The fourth-order valence-electron chi connectivity index (χ4n) is 3.19. The van der Waals surface area contributed by atoms with Crippen molar-refractivity contribution in [2.75, 3.05) is 26.2 Å². The van der Waals surface area contributed by atoms with E-state index in [4.69, 9.17) is 0 Å². The number of carbonyl (C=O) groups excluding carboxylic acids is 2. The van der Waals surface area contributed by atoms with Crippen LogP contribution in [0.5, 0.6) is 0 Å². The second kappa shape index (κ2) is 8.36. The van der Waals surface area contributed by atoms with Crippen LogP contribution in [0.1, 0.15) is 35.1 Å². The second-order valence-electron chi connectivity index (χ2n) is 6.84. The first-order valence-corrected chi connectivity index (χ1v) is 9.87. The van der Waals surface area contributed by atoms with Crippen LogP contribution >= 0.6 is 11.3 Å². The van der Waals surface area contributed by atoms with Crippen LogP contribution in [0.4, 0.5) is 4.79 Å². The van der Waals surface area contributed by atoms with Crippen LogP contribution in [0, 0.1) is 5.92 Å². The topological polar surface area (TPSA) is 52.7 Å². The molecule has 26 heavy (non-hydrogen) atoms. The average molecular weight is 372 g/mol. The highest BCUT2D eigenvalue weighted by Crippen LogP contribution is 2.22. The molecule has 1 aliphatic rings. The standard InChI is InChI=1S/C20H25N3O2S/c1-15(2)18(16-7-4-3-5-8-16)21-20(25)23-12-10-22(11-13-23)19(24)17-9-6-14-26-17/h3-9,14-15,18H,10-13H2,1-2H3,(H,21,25). The molecule has 1 unspecified atom stereocenters. The molecule has 5 nitrogen and oxygen atoms in total. The van der Waals surface area contributed by atoms with E-state index in [0.29, 0.717) is 32.1 Å². The smallest absolute Gasteiger partial charge is 0.318 e. The quantitative estimate of drug-likeness (QED) is 0.893. The van der Waals surface area contributed by atoms with Crippen molar-refractivity contribution in [2.45, 2.75) is 19.9 Å². The Hall–Kier alpha value is -2.34. The highest BCUT2D eigenvalue weighted by Gasteiger charge is 2.27. The van der Waals surface area contributed by atoms with Gasteiger partial charge in [0, 0.05) is 26.2 Å². The Balaban J connectivity index is 1.57. The number of hydrogen-bond donors (Lipinski definition) is 1.